The highest BCUT2D eigenvalue weighted by atomic mass is 32.2. The van der Waals surface area contributed by atoms with Gasteiger partial charge in [0.15, 0.2) is 0 Å². The third-order valence-corrected chi connectivity index (χ3v) is 9.22. The Kier molecular flexibility index (Phi) is 14.1. The SMILES string of the molecule is C.Cc1ccccc1-c1cc(CN(C)[C@@H](COC(C)(C)C)CC2CCCCC2)ccc1C(=O)N[C@@H](CCS(C)(=O)=O)C(=O)O. The molecule has 2 N–H and O–H groups in total. The van der Waals surface area contributed by atoms with Gasteiger partial charge >= 0.3 is 5.97 Å². The number of hydrogen-bond donors (Lipinski definition) is 2. The predicted octanol–water partition coefficient (Wildman–Crippen LogP) is 6.50. The summed E-state index contributed by atoms with van der Waals surface area (Å²) in [5.41, 5.74) is 3.74. The number of benzene rings is 2. The quantitative estimate of drug-likeness (QED) is 0.245. The highest BCUT2D eigenvalue weighted by Crippen LogP contribution is 2.31. The number of amides is 1. The van der Waals surface area contributed by atoms with Gasteiger partial charge in [0.05, 0.1) is 18.0 Å². The monoisotopic (exact) mass is 630 g/mol. The van der Waals surface area contributed by atoms with E-state index in [9.17, 15) is 23.1 Å². The van der Waals surface area contributed by atoms with Crippen molar-refractivity contribution in [1.82, 2.24) is 10.2 Å². The molecule has 0 saturated heterocycles. The van der Waals surface area contributed by atoms with Crippen molar-refractivity contribution < 1.29 is 27.9 Å². The highest BCUT2D eigenvalue weighted by Gasteiger charge is 2.27. The molecule has 0 radical (unpaired) electrons. The summed E-state index contributed by atoms with van der Waals surface area (Å²) in [5, 5.41) is 12.2. The number of sulfone groups is 1. The number of rotatable bonds is 14. The number of carbonyl (C=O) groups excluding carboxylic acids is 1. The van der Waals surface area contributed by atoms with E-state index in [0.717, 1.165) is 29.4 Å². The van der Waals surface area contributed by atoms with Crippen LogP contribution in [0.1, 0.15) is 94.6 Å². The Morgan fingerprint density at radius 2 is 1.73 bits per heavy atom. The number of ether oxygens (including phenoxy) is 1. The van der Waals surface area contributed by atoms with Crippen LogP contribution in [-0.4, -0.2) is 73.6 Å². The lowest BCUT2D eigenvalue weighted by Crippen LogP contribution is -2.42. The first kappa shape index (κ1) is 37.4. The second-order valence-electron chi connectivity index (χ2n) is 13.2. The number of nitrogens with one attached hydrogen (secondary N) is 1. The van der Waals surface area contributed by atoms with E-state index in [1.807, 2.05) is 43.3 Å². The summed E-state index contributed by atoms with van der Waals surface area (Å²) < 4.78 is 29.6. The third kappa shape index (κ3) is 12.0. The maximum absolute atomic E-state index is 13.5. The molecule has 1 aliphatic rings. The summed E-state index contributed by atoms with van der Waals surface area (Å²) in [4.78, 5) is 27.7. The van der Waals surface area contributed by atoms with E-state index < -0.39 is 27.8 Å². The fraction of sp³-hybridized carbons (Fsp3) is 0.600. The fourth-order valence-corrected chi connectivity index (χ4v) is 6.42. The molecule has 0 heterocycles. The third-order valence-electron chi connectivity index (χ3n) is 8.24. The maximum Gasteiger partial charge on any atom is 0.326 e. The smallest absolute Gasteiger partial charge is 0.326 e. The molecule has 1 amide bonds. The largest absolute Gasteiger partial charge is 0.480 e. The zero-order valence-corrected chi connectivity index (χ0v) is 27.5. The van der Waals surface area contributed by atoms with Crippen molar-refractivity contribution in [3.8, 4) is 11.1 Å². The number of aryl methyl sites for hydroxylation is 1. The first-order valence-corrected chi connectivity index (χ1v) is 17.4. The molecule has 2 aromatic rings. The van der Waals surface area contributed by atoms with Crippen LogP contribution in [0.3, 0.4) is 0 Å². The summed E-state index contributed by atoms with van der Waals surface area (Å²) in [7, 11) is -1.25. The molecule has 0 aromatic heterocycles. The van der Waals surface area contributed by atoms with Crippen molar-refractivity contribution in [2.45, 2.75) is 104 Å². The van der Waals surface area contributed by atoms with Gasteiger partial charge in [-0.2, -0.15) is 0 Å². The van der Waals surface area contributed by atoms with Crippen molar-refractivity contribution in [3.05, 3.63) is 59.2 Å². The minimum Gasteiger partial charge on any atom is -0.480 e. The summed E-state index contributed by atoms with van der Waals surface area (Å²) >= 11 is 0. The number of carbonyl (C=O) groups is 2. The summed E-state index contributed by atoms with van der Waals surface area (Å²) in [5.74, 6) is -1.45. The van der Waals surface area contributed by atoms with E-state index in [1.165, 1.54) is 32.1 Å². The first-order valence-electron chi connectivity index (χ1n) is 15.4. The van der Waals surface area contributed by atoms with Gasteiger partial charge in [-0.05, 0) is 87.9 Å². The van der Waals surface area contributed by atoms with Gasteiger partial charge in [0.1, 0.15) is 15.9 Å². The molecule has 246 valence electrons. The Morgan fingerprint density at radius 1 is 1.07 bits per heavy atom. The number of carboxylic acid groups (broad SMARTS) is 1. The number of carboxylic acids is 1. The minimum atomic E-state index is -3.38. The van der Waals surface area contributed by atoms with Crippen molar-refractivity contribution in [2.24, 2.45) is 5.92 Å². The lowest BCUT2D eigenvalue weighted by Gasteiger charge is -2.34. The van der Waals surface area contributed by atoms with Crippen LogP contribution in [-0.2, 0) is 25.9 Å². The van der Waals surface area contributed by atoms with Crippen LogP contribution in [0.2, 0.25) is 0 Å². The highest BCUT2D eigenvalue weighted by molar-refractivity contribution is 7.90. The molecule has 0 bridgehead atoms. The van der Waals surface area contributed by atoms with E-state index in [4.69, 9.17) is 4.74 Å². The number of hydrogen-bond acceptors (Lipinski definition) is 6. The molecule has 0 spiro atoms. The Labute approximate surface area is 265 Å². The van der Waals surface area contributed by atoms with Gasteiger partial charge in [-0.1, -0.05) is 69.9 Å². The standard InChI is InChI=1S/C34H50N2O6S.CH4/c1-24-12-10-11-15-28(24)30-21-26(16-17-29(30)32(37)35-31(33(38)39)18-19-43(6,40)41)22-36(5)27(23-42-34(2,3)4)20-25-13-8-7-9-14-25;/h10-12,15-17,21,25,27,31H,7-9,13-14,18-20,22-23H2,1-6H3,(H,35,37)(H,38,39);1H4/t27-,31+;/m1./s1. The Bertz CT molecular complexity index is 1350. The van der Waals surface area contributed by atoms with Crippen molar-refractivity contribution in [1.29, 1.82) is 0 Å². The zero-order valence-electron chi connectivity index (χ0n) is 26.7. The molecule has 1 fully saturated rings. The molecule has 1 aliphatic carbocycles. The Hall–Kier alpha value is -2.75. The molecule has 44 heavy (non-hydrogen) atoms. The molecule has 9 heteroatoms. The van der Waals surface area contributed by atoms with Gasteiger partial charge < -0.3 is 15.2 Å². The lowest BCUT2D eigenvalue weighted by molar-refractivity contribution is -0.139. The number of nitrogens with zero attached hydrogens (tertiary/aromatic N) is 1. The van der Waals surface area contributed by atoms with Gasteiger partial charge in [-0.25, -0.2) is 13.2 Å². The molecule has 0 unspecified atom stereocenters. The molecule has 1 saturated carbocycles. The van der Waals surface area contributed by atoms with Crippen molar-refractivity contribution in [2.75, 3.05) is 25.7 Å². The fourth-order valence-electron chi connectivity index (χ4n) is 5.76. The van der Waals surface area contributed by atoms with Crippen LogP contribution in [0.15, 0.2) is 42.5 Å². The van der Waals surface area contributed by atoms with Crippen LogP contribution in [0.5, 0.6) is 0 Å². The molecule has 0 aliphatic heterocycles. The van der Waals surface area contributed by atoms with E-state index >= 15 is 0 Å². The summed E-state index contributed by atoms with van der Waals surface area (Å²) in [6, 6.07) is 12.4. The minimum absolute atomic E-state index is 0. The molecule has 3 rings (SSSR count). The number of likely N-dealkylation sites (N-methyl/N-ethyl adjacent to an activating group) is 1. The topological polar surface area (TPSA) is 113 Å². The van der Waals surface area contributed by atoms with Crippen LogP contribution >= 0.6 is 0 Å². The molecular weight excluding hydrogens is 576 g/mol. The average molecular weight is 631 g/mol. The van der Waals surface area contributed by atoms with E-state index in [-0.39, 0.29) is 31.2 Å². The Morgan fingerprint density at radius 3 is 2.32 bits per heavy atom. The van der Waals surface area contributed by atoms with Gasteiger partial charge in [-0.3, -0.25) is 9.69 Å². The molecule has 2 aromatic carbocycles. The van der Waals surface area contributed by atoms with Crippen LogP contribution in [0, 0.1) is 12.8 Å². The lowest BCUT2D eigenvalue weighted by atomic mass is 9.84. The predicted molar refractivity (Wildman–Crippen MR) is 179 cm³/mol. The Balaban J connectivity index is 0.00000675. The maximum atomic E-state index is 13.5. The summed E-state index contributed by atoms with van der Waals surface area (Å²) in [6.07, 6.45) is 8.37. The first-order chi connectivity index (χ1) is 20.1. The van der Waals surface area contributed by atoms with Crippen molar-refractivity contribution in [3.63, 3.8) is 0 Å². The van der Waals surface area contributed by atoms with Gasteiger partial charge in [0.2, 0.25) is 0 Å². The van der Waals surface area contributed by atoms with Gasteiger partial charge in [0, 0.05) is 24.4 Å². The summed E-state index contributed by atoms with van der Waals surface area (Å²) in [6.45, 7) is 9.53. The normalized spacial score (nSPS) is 15.8. The van der Waals surface area contributed by atoms with Crippen molar-refractivity contribution >= 4 is 21.7 Å². The second-order valence-corrected chi connectivity index (χ2v) is 15.5. The van der Waals surface area contributed by atoms with Crippen LogP contribution in [0.4, 0.5) is 0 Å². The molecular formula is C35H54N2O6S. The second kappa shape index (κ2) is 16.5. The van der Waals surface area contributed by atoms with E-state index in [0.29, 0.717) is 30.2 Å². The molecule has 8 nitrogen and oxygen atoms in total. The zero-order chi connectivity index (χ0) is 31.8. The van der Waals surface area contributed by atoms with Gasteiger partial charge in [0.25, 0.3) is 5.91 Å². The van der Waals surface area contributed by atoms with Crippen LogP contribution in [0.25, 0.3) is 11.1 Å². The van der Waals surface area contributed by atoms with E-state index in [2.05, 4.69) is 38.0 Å². The average Bonchev–Trinajstić information content (AvgIpc) is 2.92. The molecule has 2 atom stereocenters. The van der Waals surface area contributed by atoms with E-state index in [1.54, 1.807) is 6.07 Å². The number of aliphatic carboxylic acids is 1. The van der Waals surface area contributed by atoms with Crippen LogP contribution < -0.4 is 5.32 Å². The van der Waals surface area contributed by atoms with Gasteiger partial charge in [-0.15, -0.1) is 0 Å².